The van der Waals surface area contributed by atoms with Crippen molar-refractivity contribution in [3.05, 3.63) is 42.7 Å². The average Bonchev–Trinajstić information content (AvgIpc) is 2.93. The number of pyridine rings is 1. The number of phenols is 1. The number of hydrogen-bond donors (Lipinski definition) is 2. The van der Waals surface area contributed by atoms with Crippen LogP contribution in [0.5, 0.6) is 5.75 Å². The van der Waals surface area contributed by atoms with Crippen molar-refractivity contribution >= 4 is 16.6 Å². The lowest BCUT2D eigenvalue weighted by Crippen LogP contribution is -2.49. The van der Waals surface area contributed by atoms with E-state index < -0.39 is 12.0 Å². The van der Waals surface area contributed by atoms with Crippen LogP contribution in [0.3, 0.4) is 0 Å². The Labute approximate surface area is 166 Å². The molecular formula is C21H21F2N5O. The molecule has 2 fully saturated rings. The number of nitrogens with one attached hydrogen (secondary N) is 1. The van der Waals surface area contributed by atoms with Crippen molar-refractivity contribution in [1.82, 2.24) is 20.5 Å². The molecule has 2 aliphatic rings. The van der Waals surface area contributed by atoms with E-state index in [4.69, 9.17) is 0 Å². The first-order chi connectivity index (χ1) is 13.9. The molecule has 2 aliphatic heterocycles. The smallest absolute Gasteiger partial charge is 0.264 e. The van der Waals surface area contributed by atoms with Gasteiger partial charge in [0.05, 0.1) is 11.7 Å². The molecule has 0 saturated carbocycles. The lowest BCUT2D eigenvalue weighted by atomic mass is 9.98. The van der Waals surface area contributed by atoms with E-state index in [1.165, 1.54) is 0 Å². The van der Waals surface area contributed by atoms with E-state index in [1.54, 1.807) is 24.5 Å². The van der Waals surface area contributed by atoms with E-state index in [9.17, 15) is 13.9 Å². The molecule has 0 unspecified atom stereocenters. The second-order valence-corrected chi connectivity index (χ2v) is 7.99. The first kappa shape index (κ1) is 18.2. The summed E-state index contributed by atoms with van der Waals surface area (Å²) in [6.07, 6.45) is 4.35. The molecule has 2 N–H and O–H groups in total. The Morgan fingerprint density at radius 1 is 1.14 bits per heavy atom. The fourth-order valence-corrected chi connectivity index (χ4v) is 4.51. The van der Waals surface area contributed by atoms with Gasteiger partial charge in [-0.15, -0.1) is 10.2 Å². The topological polar surface area (TPSA) is 74.2 Å². The van der Waals surface area contributed by atoms with E-state index in [0.717, 1.165) is 10.8 Å². The van der Waals surface area contributed by atoms with Gasteiger partial charge >= 0.3 is 0 Å². The molecule has 1 aromatic carbocycles. The zero-order valence-electron chi connectivity index (χ0n) is 15.9. The highest BCUT2D eigenvalue weighted by Gasteiger charge is 2.53. The van der Waals surface area contributed by atoms with Gasteiger partial charge in [-0.25, -0.2) is 8.78 Å². The van der Waals surface area contributed by atoms with Gasteiger partial charge in [0, 0.05) is 48.9 Å². The Bertz CT molecular complexity index is 1060. The monoisotopic (exact) mass is 397 g/mol. The fraction of sp³-hybridized carbons (Fsp3) is 0.381. The van der Waals surface area contributed by atoms with Gasteiger partial charge < -0.3 is 15.3 Å². The van der Waals surface area contributed by atoms with Crippen molar-refractivity contribution in [3.63, 3.8) is 0 Å². The third kappa shape index (κ3) is 3.17. The Kier molecular flexibility index (Phi) is 4.13. The van der Waals surface area contributed by atoms with Gasteiger partial charge in [-0.1, -0.05) is 0 Å². The number of benzene rings is 1. The number of rotatable bonds is 3. The summed E-state index contributed by atoms with van der Waals surface area (Å²) >= 11 is 0. The summed E-state index contributed by atoms with van der Waals surface area (Å²) in [6, 6.07) is 8.00. The van der Waals surface area contributed by atoms with Gasteiger partial charge in [-0.05, 0) is 48.6 Å². The number of aromatic hydroxyl groups is 1. The van der Waals surface area contributed by atoms with Gasteiger partial charge in [-0.2, -0.15) is 0 Å². The molecule has 3 aromatic rings. The number of piperidine rings is 1. The Morgan fingerprint density at radius 3 is 2.76 bits per heavy atom. The van der Waals surface area contributed by atoms with Crippen molar-refractivity contribution in [3.8, 4) is 17.0 Å². The predicted molar refractivity (Wildman–Crippen MR) is 106 cm³/mol. The summed E-state index contributed by atoms with van der Waals surface area (Å²) in [6.45, 7) is 0. The average molecular weight is 397 g/mol. The number of aromatic nitrogens is 3. The lowest BCUT2D eigenvalue weighted by Gasteiger charge is -2.36. The van der Waals surface area contributed by atoms with E-state index >= 15 is 0 Å². The van der Waals surface area contributed by atoms with E-state index in [-0.39, 0.29) is 24.3 Å². The van der Waals surface area contributed by atoms with Crippen LogP contribution in [0.4, 0.5) is 14.6 Å². The standard InChI is InChI=1S/C21H21F2N5O/c1-28(15-8-14-10-21(22,23)19(9-15)25-14)20-3-2-17(26-27-20)16-6-13-11-24-5-4-12(13)7-18(16)29/h2-7,11,14-15,19,25,29H,8-10H2,1H3/t14-,15+,19+/m0/s1. The number of anilines is 1. The minimum Gasteiger partial charge on any atom is -0.507 e. The number of nitrogens with zero attached hydrogens (tertiary/aromatic N) is 4. The minimum absolute atomic E-state index is 0.0140. The van der Waals surface area contributed by atoms with Crippen molar-refractivity contribution in [2.24, 2.45) is 0 Å². The number of alkyl halides is 2. The van der Waals surface area contributed by atoms with Crippen LogP contribution >= 0.6 is 0 Å². The van der Waals surface area contributed by atoms with Crippen LogP contribution < -0.4 is 10.2 Å². The lowest BCUT2D eigenvalue weighted by molar-refractivity contribution is -0.0128. The predicted octanol–water partition coefficient (Wildman–Crippen LogP) is 3.36. The van der Waals surface area contributed by atoms with Crippen molar-refractivity contribution in [2.75, 3.05) is 11.9 Å². The van der Waals surface area contributed by atoms with Gasteiger partial charge in [0.1, 0.15) is 5.75 Å². The van der Waals surface area contributed by atoms with Crippen LogP contribution in [0.15, 0.2) is 42.7 Å². The summed E-state index contributed by atoms with van der Waals surface area (Å²) in [4.78, 5) is 6.04. The van der Waals surface area contributed by atoms with Crippen LogP contribution in [0.1, 0.15) is 19.3 Å². The molecular weight excluding hydrogens is 376 g/mol. The first-order valence-corrected chi connectivity index (χ1v) is 9.68. The minimum atomic E-state index is -2.64. The molecule has 0 spiro atoms. The maximum Gasteiger partial charge on any atom is 0.264 e. The third-order valence-corrected chi connectivity index (χ3v) is 6.12. The number of fused-ring (bicyclic) bond motifs is 3. The second kappa shape index (κ2) is 6.59. The maximum absolute atomic E-state index is 14.0. The fourth-order valence-electron chi connectivity index (χ4n) is 4.51. The zero-order valence-corrected chi connectivity index (χ0v) is 15.9. The first-order valence-electron chi connectivity index (χ1n) is 9.68. The zero-order chi connectivity index (χ0) is 20.2. The van der Waals surface area contributed by atoms with Crippen LogP contribution in [-0.2, 0) is 0 Å². The molecule has 0 amide bonds. The summed E-state index contributed by atoms with van der Waals surface area (Å²) in [7, 11) is 1.87. The molecule has 4 heterocycles. The van der Waals surface area contributed by atoms with Gasteiger partial charge in [0.15, 0.2) is 5.82 Å². The molecule has 2 aromatic heterocycles. The normalized spacial score (nSPS) is 25.3. The van der Waals surface area contributed by atoms with E-state index in [1.807, 2.05) is 30.1 Å². The highest BCUT2D eigenvalue weighted by Crippen LogP contribution is 2.41. The summed E-state index contributed by atoms with van der Waals surface area (Å²) in [5, 5.41) is 23.8. The van der Waals surface area contributed by atoms with Crippen LogP contribution in [0, 0.1) is 0 Å². The van der Waals surface area contributed by atoms with E-state index in [2.05, 4.69) is 20.5 Å². The van der Waals surface area contributed by atoms with Crippen LogP contribution in [-0.4, -0.2) is 51.4 Å². The molecule has 6 nitrogen and oxygen atoms in total. The summed E-state index contributed by atoms with van der Waals surface area (Å²) in [5.74, 6) is -1.89. The van der Waals surface area contributed by atoms with E-state index in [0.29, 0.717) is 29.9 Å². The third-order valence-electron chi connectivity index (χ3n) is 6.12. The largest absolute Gasteiger partial charge is 0.507 e. The summed E-state index contributed by atoms with van der Waals surface area (Å²) in [5.41, 5.74) is 1.12. The molecule has 3 atom stereocenters. The molecule has 5 rings (SSSR count). The number of halogens is 2. The van der Waals surface area contributed by atoms with Crippen LogP contribution in [0.2, 0.25) is 0 Å². The molecule has 150 valence electrons. The number of hydrogen-bond acceptors (Lipinski definition) is 6. The Hall–Kier alpha value is -2.87. The maximum atomic E-state index is 14.0. The Morgan fingerprint density at radius 2 is 2.00 bits per heavy atom. The molecule has 0 aliphatic carbocycles. The highest BCUT2D eigenvalue weighted by atomic mass is 19.3. The number of phenolic OH excluding ortho intramolecular Hbond substituents is 1. The van der Waals surface area contributed by atoms with Gasteiger partial charge in [0.25, 0.3) is 5.92 Å². The SMILES string of the molecule is CN(c1ccc(-c2cc3cnccc3cc2O)nn1)[C@@H]1C[C@H]2CC(F)(F)[C@@H](C1)N2. The second-order valence-electron chi connectivity index (χ2n) is 7.99. The summed E-state index contributed by atoms with van der Waals surface area (Å²) < 4.78 is 28.0. The van der Waals surface area contributed by atoms with Gasteiger partial charge in [-0.3, -0.25) is 4.98 Å². The molecule has 0 radical (unpaired) electrons. The van der Waals surface area contributed by atoms with Crippen molar-refractivity contribution in [2.45, 2.75) is 43.3 Å². The van der Waals surface area contributed by atoms with Gasteiger partial charge in [0.2, 0.25) is 0 Å². The van der Waals surface area contributed by atoms with Crippen molar-refractivity contribution in [1.29, 1.82) is 0 Å². The molecule has 29 heavy (non-hydrogen) atoms. The highest BCUT2D eigenvalue weighted by molar-refractivity contribution is 5.89. The molecule has 2 saturated heterocycles. The van der Waals surface area contributed by atoms with Crippen molar-refractivity contribution < 1.29 is 13.9 Å². The van der Waals surface area contributed by atoms with Crippen LogP contribution in [0.25, 0.3) is 22.0 Å². The molecule has 2 bridgehead atoms. The molecule has 8 heteroatoms. The quantitative estimate of drug-likeness (QED) is 0.706. The Balaban J connectivity index is 1.39.